The molecule has 1 aromatic carbocycles. The minimum atomic E-state index is -0.838. The van der Waals surface area contributed by atoms with Crippen molar-refractivity contribution in [2.45, 2.75) is 72.1 Å². The van der Waals surface area contributed by atoms with Gasteiger partial charge in [0.25, 0.3) is 0 Å². The van der Waals surface area contributed by atoms with Crippen LogP contribution in [0, 0.1) is 0 Å². The van der Waals surface area contributed by atoms with Crippen LogP contribution in [0.25, 0.3) is 6.08 Å². The number of aromatic hydroxyl groups is 1. The van der Waals surface area contributed by atoms with Crippen molar-refractivity contribution in [1.82, 2.24) is 0 Å². The molecule has 6 heteroatoms. The van der Waals surface area contributed by atoms with Crippen molar-refractivity contribution in [1.29, 1.82) is 0 Å². The standard InChI is InChI=1S/C23H32O6/c1-5-6-7-8-9-10-11-12-19-13-14-21(24)20(16-19)15-18(4)23(26)28-29-27-22(25)17(2)3/h13-16,24H,2,5-12H2,1,3-4H3/b18-15+. The second-order valence-electron chi connectivity index (χ2n) is 7.18. The molecule has 0 spiro atoms. The zero-order valence-electron chi connectivity index (χ0n) is 17.7. The van der Waals surface area contributed by atoms with Gasteiger partial charge >= 0.3 is 11.9 Å². The summed E-state index contributed by atoms with van der Waals surface area (Å²) in [5.74, 6) is -1.61. The lowest BCUT2D eigenvalue weighted by Gasteiger charge is -2.07. The molecule has 29 heavy (non-hydrogen) atoms. The van der Waals surface area contributed by atoms with Gasteiger partial charge in [0.15, 0.2) is 0 Å². The van der Waals surface area contributed by atoms with E-state index in [4.69, 9.17) is 0 Å². The summed E-state index contributed by atoms with van der Waals surface area (Å²) in [6.45, 7) is 8.52. The van der Waals surface area contributed by atoms with E-state index in [1.807, 2.05) is 12.1 Å². The molecule has 0 heterocycles. The minimum Gasteiger partial charge on any atom is -0.507 e. The van der Waals surface area contributed by atoms with Crippen LogP contribution in [-0.2, 0) is 30.8 Å². The first-order valence-corrected chi connectivity index (χ1v) is 10.1. The molecule has 0 saturated heterocycles. The highest BCUT2D eigenvalue weighted by molar-refractivity contribution is 5.93. The summed E-state index contributed by atoms with van der Waals surface area (Å²) >= 11 is 0. The average molecular weight is 405 g/mol. The molecule has 160 valence electrons. The molecule has 0 unspecified atom stereocenters. The molecule has 0 atom stereocenters. The van der Waals surface area contributed by atoms with E-state index in [1.165, 1.54) is 58.4 Å². The maximum absolute atomic E-state index is 11.9. The smallest absolute Gasteiger partial charge is 0.373 e. The van der Waals surface area contributed by atoms with Crippen LogP contribution < -0.4 is 0 Å². The van der Waals surface area contributed by atoms with Crippen LogP contribution in [0.4, 0.5) is 0 Å². The molecule has 0 aromatic heterocycles. The molecule has 0 radical (unpaired) electrons. The predicted molar refractivity (Wildman–Crippen MR) is 112 cm³/mol. The van der Waals surface area contributed by atoms with Gasteiger partial charge in [-0.05, 0) is 50.5 Å². The molecule has 0 amide bonds. The van der Waals surface area contributed by atoms with Gasteiger partial charge in [-0.2, -0.15) is 0 Å². The topological polar surface area (TPSA) is 82.1 Å². The third kappa shape index (κ3) is 9.94. The number of phenols is 1. The number of unbranched alkanes of at least 4 members (excludes halogenated alkanes) is 6. The summed E-state index contributed by atoms with van der Waals surface area (Å²) in [5, 5.41) is 14.2. The summed E-state index contributed by atoms with van der Waals surface area (Å²) in [6.07, 6.45) is 11.1. The number of aryl methyl sites for hydroxylation is 1. The number of rotatable bonds is 13. The largest absolute Gasteiger partial charge is 0.507 e. The van der Waals surface area contributed by atoms with Crippen molar-refractivity contribution < 1.29 is 29.5 Å². The van der Waals surface area contributed by atoms with E-state index in [1.54, 1.807) is 6.07 Å². The maximum atomic E-state index is 11.9. The molecule has 0 aliphatic rings. The normalized spacial score (nSPS) is 11.2. The fraction of sp³-hybridized carbons (Fsp3) is 0.478. The van der Waals surface area contributed by atoms with Crippen molar-refractivity contribution in [3.63, 3.8) is 0 Å². The number of carbonyl (C=O) groups is 2. The molecular weight excluding hydrogens is 372 g/mol. The number of hydrogen-bond acceptors (Lipinski definition) is 6. The Morgan fingerprint density at radius 1 is 1.00 bits per heavy atom. The monoisotopic (exact) mass is 404 g/mol. The Hall–Kier alpha value is -2.60. The lowest BCUT2D eigenvalue weighted by molar-refractivity contribution is -0.456. The Bertz CT molecular complexity index is 720. The van der Waals surface area contributed by atoms with Gasteiger partial charge in [-0.15, -0.1) is 0 Å². The summed E-state index contributed by atoms with van der Waals surface area (Å²) in [6, 6.07) is 5.36. The van der Waals surface area contributed by atoms with Crippen LogP contribution in [-0.4, -0.2) is 17.0 Å². The van der Waals surface area contributed by atoms with Gasteiger partial charge in [0.2, 0.25) is 0 Å². The van der Waals surface area contributed by atoms with Crippen molar-refractivity contribution in [3.8, 4) is 5.75 Å². The van der Waals surface area contributed by atoms with Crippen molar-refractivity contribution in [2.24, 2.45) is 0 Å². The van der Waals surface area contributed by atoms with Gasteiger partial charge in [0.1, 0.15) is 5.75 Å². The Balaban J connectivity index is 2.54. The second-order valence-corrected chi connectivity index (χ2v) is 7.18. The summed E-state index contributed by atoms with van der Waals surface area (Å²) in [4.78, 5) is 31.7. The molecule has 0 aliphatic carbocycles. The molecule has 6 nitrogen and oxygen atoms in total. The van der Waals surface area contributed by atoms with Crippen molar-refractivity contribution in [2.75, 3.05) is 0 Å². The third-order valence-electron chi connectivity index (χ3n) is 4.42. The van der Waals surface area contributed by atoms with Crippen LogP contribution >= 0.6 is 0 Å². The fourth-order valence-electron chi connectivity index (χ4n) is 2.67. The highest BCUT2D eigenvalue weighted by atomic mass is 17.5. The van der Waals surface area contributed by atoms with Gasteiger partial charge in [-0.1, -0.05) is 58.1 Å². The molecular formula is C23H32O6. The van der Waals surface area contributed by atoms with E-state index in [0.717, 1.165) is 18.4 Å². The zero-order valence-corrected chi connectivity index (χ0v) is 17.7. The van der Waals surface area contributed by atoms with Crippen LogP contribution in [0.1, 0.15) is 76.8 Å². The summed E-state index contributed by atoms with van der Waals surface area (Å²) in [7, 11) is 0. The summed E-state index contributed by atoms with van der Waals surface area (Å²) in [5.41, 5.74) is 1.89. The van der Waals surface area contributed by atoms with Gasteiger partial charge in [0.05, 0.1) is 0 Å². The van der Waals surface area contributed by atoms with E-state index < -0.39 is 11.9 Å². The minimum absolute atomic E-state index is 0.0649. The second kappa shape index (κ2) is 13.6. The highest BCUT2D eigenvalue weighted by Crippen LogP contribution is 2.23. The van der Waals surface area contributed by atoms with Gasteiger partial charge in [-0.3, -0.25) is 9.78 Å². The molecule has 0 bridgehead atoms. The molecule has 1 N–H and O–H groups in total. The first-order valence-electron chi connectivity index (χ1n) is 10.1. The Morgan fingerprint density at radius 3 is 2.28 bits per heavy atom. The van der Waals surface area contributed by atoms with Gasteiger partial charge < -0.3 is 5.11 Å². The van der Waals surface area contributed by atoms with Crippen LogP contribution in [0.3, 0.4) is 0 Å². The third-order valence-corrected chi connectivity index (χ3v) is 4.42. The first-order chi connectivity index (χ1) is 13.8. The highest BCUT2D eigenvalue weighted by Gasteiger charge is 2.12. The quantitative estimate of drug-likeness (QED) is 0.199. The van der Waals surface area contributed by atoms with Crippen LogP contribution in [0.2, 0.25) is 0 Å². The Labute approximate surface area is 173 Å². The SMILES string of the molecule is C=C(C)C(=O)OOOC(=O)/C(C)=C/c1cc(CCCCCCCCC)ccc1O. The van der Waals surface area contributed by atoms with E-state index in [9.17, 15) is 14.7 Å². The fourth-order valence-corrected chi connectivity index (χ4v) is 2.67. The molecule has 1 rings (SSSR count). The van der Waals surface area contributed by atoms with Crippen LogP contribution in [0.15, 0.2) is 35.9 Å². The van der Waals surface area contributed by atoms with Gasteiger partial charge in [0, 0.05) is 21.7 Å². The summed E-state index contributed by atoms with van der Waals surface area (Å²) < 4.78 is 0. The Morgan fingerprint density at radius 2 is 1.62 bits per heavy atom. The average Bonchev–Trinajstić information content (AvgIpc) is 2.69. The van der Waals surface area contributed by atoms with Crippen LogP contribution in [0.5, 0.6) is 5.75 Å². The predicted octanol–water partition coefficient (Wildman–Crippen LogP) is 5.60. The number of benzene rings is 1. The van der Waals surface area contributed by atoms with E-state index in [0.29, 0.717) is 5.56 Å². The van der Waals surface area contributed by atoms with Crippen molar-refractivity contribution >= 4 is 18.0 Å². The van der Waals surface area contributed by atoms with E-state index in [2.05, 4.69) is 28.3 Å². The Kier molecular flexibility index (Phi) is 11.4. The molecule has 0 aliphatic heterocycles. The lowest BCUT2D eigenvalue weighted by Crippen LogP contribution is -2.11. The molecule has 0 saturated carbocycles. The maximum Gasteiger partial charge on any atom is 0.373 e. The number of hydrogen-bond donors (Lipinski definition) is 1. The van der Waals surface area contributed by atoms with Crippen molar-refractivity contribution in [3.05, 3.63) is 47.1 Å². The zero-order chi connectivity index (χ0) is 21.6. The molecule has 1 aromatic rings. The number of phenolic OH excluding ortho intramolecular Hbond substituents is 1. The lowest BCUT2D eigenvalue weighted by atomic mass is 10.0. The van der Waals surface area contributed by atoms with Gasteiger partial charge in [-0.25, -0.2) is 9.59 Å². The first kappa shape index (κ1) is 24.4. The van der Waals surface area contributed by atoms with E-state index >= 15 is 0 Å². The molecule has 0 fully saturated rings. The number of carbonyl (C=O) groups excluding carboxylic acids is 2. The van der Waals surface area contributed by atoms with E-state index in [-0.39, 0.29) is 16.9 Å².